The second kappa shape index (κ2) is 6.78. The lowest BCUT2D eigenvalue weighted by Crippen LogP contribution is -2.16. The van der Waals surface area contributed by atoms with E-state index >= 15 is 0 Å². The molecule has 132 valence electrons. The summed E-state index contributed by atoms with van der Waals surface area (Å²) in [4.78, 5) is 0.395. The van der Waals surface area contributed by atoms with E-state index in [1.165, 1.54) is 19.9 Å². The first-order valence-electron chi connectivity index (χ1n) is 7.61. The molecule has 0 aliphatic rings. The Bertz CT molecular complexity index is 965. The van der Waals surface area contributed by atoms with E-state index in [0.717, 1.165) is 23.5 Å². The van der Waals surface area contributed by atoms with Crippen molar-refractivity contribution in [2.45, 2.75) is 19.4 Å². The molecule has 3 rings (SSSR count). The summed E-state index contributed by atoms with van der Waals surface area (Å²) >= 11 is 1.15. The number of hydrogen-bond donors (Lipinski definition) is 2. The van der Waals surface area contributed by atoms with E-state index in [1.807, 2.05) is 6.07 Å². The molecule has 26 heavy (non-hydrogen) atoms. The van der Waals surface area contributed by atoms with Crippen LogP contribution in [0, 0.1) is 23.0 Å². The molecule has 0 radical (unpaired) electrons. The summed E-state index contributed by atoms with van der Waals surface area (Å²) in [5.74, 6) is -1.07. The first-order chi connectivity index (χ1) is 12.3. The Morgan fingerprint density at radius 3 is 2.35 bits per heavy atom. The molecular weight excluding hydrogens is 358 g/mol. The maximum Gasteiger partial charge on any atom is 0.163 e. The van der Waals surface area contributed by atoms with Crippen LogP contribution >= 0.6 is 11.3 Å². The number of hydrogen-bond acceptors (Lipinski definition) is 6. The van der Waals surface area contributed by atoms with Crippen molar-refractivity contribution in [3.05, 3.63) is 59.3 Å². The number of halogens is 2. The maximum absolute atomic E-state index is 14.4. The number of nitriles is 1. The lowest BCUT2D eigenvalue weighted by Gasteiger charge is -2.18. The van der Waals surface area contributed by atoms with Gasteiger partial charge in [-0.2, -0.15) is 5.26 Å². The quantitative estimate of drug-likeness (QED) is 0.712. The van der Waals surface area contributed by atoms with E-state index in [0.29, 0.717) is 15.7 Å². The molecule has 0 aliphatic carbocycles. The van der Waals surface area contributed by atoms with Crippen molar-refractivity contribution in [2.75, 3.05) is 5.32 Å². The van der Waals surface area contributed by atoms with Crippen LogP contribution in [-0.4, -0.2) is 15.3 Å². The number of nitrogens with one attached hydrogen (secondary N) is 1. The number of rotatable bonds is 4. The molecule has 0 saturated heterocycles. The first kappa shape index (κ1) is 17.9. The van der Waals surface area contributed by atoms with Crippen molar-refractivity contribution in [2.24, 2.45) is 0 Å². The van der Waals surface area contributed by atoms with Crippen LogP contribution in [0.3, 0.4) is 0 Å². The van der Waals surface area contributed by atoms with E-state index in [4.69, 9.17) is 5.26 Å². The minimum absolute atomic E-state index is 0.151. The molecular formula is C18H14F2N4OS. The minimum atomic E-state index is -1.34. The smallest absolute Gasteiger partial charge is 0.163 e. The highest BCUT2D eigenvalue weighted by atomic mass is 32.1. The standard InChI is InChI=1S/C18H14F2N4OS/c1-18(2,25)10-7-12(19)17(13(20)8-10)14-4-6-16(26-14)22-15-5-3-11(9-21)23-24-15/h3-8,25H,1-2H3,(H,22,24). The van der Waals surface area contributed by atoms with Gasteiger partial charge in [-0.1, -0.05) is 0 Å². The van der Waals surface area contributed by atoms with Gasteiger partial charge in [-0.15, -0.1) is 21.5 Å². The summed E-state index contributed by atoms with van der Waals surface area (Å²) < 4.78 is 28.9. The fourth-order valence-corrected chi connectivity index (χ4v) is 3.25. The molecule has 0 unspecified atom stereocenters. The maximum atomic E-state index is 14.4. The Morgan fingerprint density at radius 1 is 1.12 bits per heavy atom. The average Bonchev–Trinajstić information content (AvgIpc) is 3.02. The van der Waals surface area contributed by atoms with Gasteiger partial charge < -0.3 is 10.4 Å². The summed E-state index contributed by atoms with van der Waals surface area (Å²) in [5.41, 5.74) is -1.13. The van der Waals surface area contributed by atoms with Crippen LogP contribution in [0.15, 0.2) is 36.4 Å². The van der Waals surface area contributed by atoms with Gasteiger partial charge in [0.25, 0.3) is 0 Å². The van der Waals surface area contributed by atoms with Crippen LogP contribution < -0.4 is 5.32 Å². The fourth-order valence-electron chi connectivity index (χ4n) is 2.29. The van der Waals surface area contributed by atoms with E-state index < -0.39 is 17.2 Å². The Kier molecular flexibility index (Phi) is 4.68. The molecule has 0 saturated carbocycles. The fraction of sp³-hybridized carbons (Fsp3) is 0.167. The van der Waals surface area contributed by atoms with Crippen molar-refractivity contribution in [3.8, 4) is 16.5 Å². The molecule has 0 amide bonds. The zero-order valence-corrected chi connectivity index (χ0v) is 14.7. The van der Waals surface area contributed by atoms with E-state index in [1.54, 1.807) is 18.2 Å². The summed E-state index contributed by atoms with van der Waals surface area (Å²) in [6.07, 6.45) is 0. The lowest BCUT2D eigenvalue weighted by molar-refractivity contribution is 0.0779. The van der Waals surface area contributed by atoms with Gasteiger partial charge in [0.05, 0.1) is 16.2 Å². The molecule has 8 heteroatoms. The average molecular weight is 372 g/mol. The lowest BCUT2D eigenvalue weighted by atomic mass is 9.96. The van der Waals surface area contributed by atoms with Crippen molar-refractivity contribution in [1.29, 1.82) is 5.26 Å². The number of aromatic nitrogens is 2. The van der Waals surface area contributed by atoms with Crippen LogP contribution in [0.4, 0.5) is 19.6 Å². The van der Waals surface area contributed by atoms with Crippen molar-refractivity contribution < 1.29 is 13.9 Å². The highest BCUT2D eigenvalue weighted by molar-refractivity contribution is 7.19. The highest BCUT2D eigenvalue weighted by Crippen LogP contribution is 2.37. The van der Waals surface area contributed by atoms with Gasteiger partial charge in [0.15, 0.2) is 11.5 Å². The van der Waals surface area contributed by atoms with Crippen LogP contribution in [-0.2, 0) is 5.60 Å². The SMILES string of the molecule is CC(C)(O)c1cc(F)c(-c2ccc(Nc3ccc(C#N)nn3)s2)c(F)c1. The van der Waals surface area contributed by atoms with Gasteiger partial charge in [-0.3, -0.25) is 0 Å². The molecule has 0 fully saturated rings. The Balaban J connectivity index is 1.89. The number of nitrogens with zero attached hydrogens (tertiary/aromatic N) is 3. The Hall–Kier alpha value is -2.89. The molecule has 5 nitrogen and oxygen atoms in total. The van der Waals surface area contributed by atoms with Gasteiger partial charge in [0.1, 0.15) is 17.7 Å². The molecule has 0 bridgehead atoms. The Labute approximate surface area is 152 Å². The van der Waals surface area contributed by atoms with E-state index in [9.17, 15) is 13.9 Å². The first-order valence-corrected chi connectivity index (χ1v) is 8.42. The zero-order chi connectivity index (χ0) is 18.9. The number of thiophene rings is 1. The zero-order valence-electron chi connectivity index (χ0n) is 13.9. The van der Waals surface area contributed by atoms with Crippen LogP contribution in [0.5, 0.6) is 0 Å². The predicted octanol–water partition coefficient (Wildman–Crippen LogP) is 4.33. The van der Waals surface area contributed by atoms with E-state index in [2.05, 4.69) is 15.5 Å². The monoisotopic (exact) mass is 372 g/mol. The summed E-state index contributed by atoms with van der Waals surface area (Å²) in [6, 6.07) is 10.5. The molecule has 2 N–H and O–H groups in total. The third kappa shape index (κ3) is 3.69. The number of aliphatic hydroxyl groups is 1. The molecule has 3 aromatic rings. The molecule has 0 aliphatic heterocycles. The van der Waals surface area contributed by atoms with Crippen molar-refractivity contribution in [1.82, 2.24) is 10.2 Å². The third-order valence-electron chi connectivity index (χ3n) is 3.63. The van der Waals surface area contributed by atoms with Crippen LogP contribution in [0.25, 0.3) is 10.4 Å². The summed E-state index contributed by atoms with van der Waals surface area (Å²) in [5, 5.41) is 29.8. The van der Waals surface area contributed by atoms with Crippen LogP contribution in [0.1, 0.15) is 25.1 Å². The van der Waals surface area contributed by atoms with Gasteiger partial charge in [-0.05, 0) is 55.8 Å². The second-order valence-corrected chi connectivity index (χ2v) is 7.16. The summed E-state index contributed by atoms with van der Waals surface area (Å²) in [6.45, 7) is 2.93. The molecule has 0 spiro atoms. The van der Waals surface area contributed by atoms with Gasteiger partial charge >= 0.3 is 0 Å². The molecule has 1 aromatic carbocycles. The second-order valence-electron chi connectivity index (χ2n) is 6.08. The largest absolute Gasteiger partial charge is 0.386 e. The number of benzene rings is 1. The van der Waals surface area contributed by atoms with Crippen molar-refractivity contribution >= 4 is 22.2 Å². The van der Waals surface area contributed by atoms with Gasteiger partial charge in [-0.25, -0.2) is 8.78 Å². The normalized spacial score (nSPS) is 11.2. The van der Waals surface area contributed by atoms with Crippen LogP contribution in [0.2, 0.25) is 0 Å². The van der Waals surface area contributed by atoms with Gasteiger partial charge in [0, 0.05) is 4.88 Å². The summed E-state index contributed by atoms with van der Waals surface area (Å²) in [7, 11) is 0. The Morgan fingerprint density at radius 2 is 1.81 bits per heavy atom. The number of anilines is 2. The minimum Gasteiger partial charge on any atom is -0.386 e. The van der Waals surface area contributed by atoms with E-state index in [-0.39, 0.29) is 16.8 Å². The molecule has 0 atom stereocenters. The predicted molar refractivity (Wildman–Crippen MR) is 94.9 cm³/mol. The van der Waals surface area contributed by atoms with Gasteiger partial charge in [0.2, 0.25) is 0 Å². The third-order valence-corrected chi connectivity index (χ3v) is 4.65. The van der Waals surface area contributed by atoms with Crippen molar-refractivity contribution in [3.63, 3.8) is 0 Å². The highest BCUT2D eigenvalue weighted by Gasteiger charge is 2.22. The molecule has 2 aromatic heterocycles. The topological polar surface area (TPSA) is 81.8 Å². The molecule has 2 heterocycles.